The zero-order chi connectivity index (χ0) is 13.1. The van der Waals surface area contributed by atoms with Crippen LogP contribution in [0.2, 0.25) is 0 Å². The van der Waals surface area contributed by atoms with Gasteiger partial charge in [-0.1, -0.05) is 40.0 Å². The van der Waals surface area contributed by atoms with Crippen molar-refractivity contribution in [2.45, 2.75) is 59.3 Å². The lowest BCUT2D eigenvalue weighted by Gasteiger charge is -2.26. The Bertz CT molecular complexity index is 195. The van der Waals surface area contributed by atoms with E-state index < -0.39 is 0 Å². The van der Waals surface area contributed by atoms with Crippen LogP contribution in [0, 0.1) is 5.92 Å². The first-order valence-electron chi connectivity index (χ1n) is 7.10. The molecule has 0 aromatic heterocycles. The van der Waals surface area contributed by atoms with E-state index in [1.807, 2.05) is 4.90 Å². The monoisotopic (exact) mass is 243 g/mol. The number of aliphatic hydroxyl groups excluding tert-OH is 1. The van der Waals surface area contributed by atoms with Gasteiger partial charge in [0.2, 0.25) is 5.91 Å². The van der Waals surface area contributed by atoms with Gasteiger partial charge in [-0.05, 0) is 19.3 Å². The zero-order valence-corrected chi connectivity index (χ0v) is 11.7. The lowest BCUT2D eigenvalue weighted by molar-refractivity contribution is -0.136. The van der Waals surface area contributed by atoms with Crippen LogP contribution in [0.15, 0.2) is 0 Å². The number of unbranched alkanes of at least 4 members (excludes halogenated alkanes) is 2. The standard InChI is InChI=1S/C14H29NO2/c1-4-7-9-13(6-3)14(17)15(11-12-16)10-8-5-2/h13,16H,4-12H2,1-3H3. The molecule has 0 heterocycles. The van der Waals surface area contributed by atoms with E-state index in [4.69, 9.17) is 5.11 Å². The fourth-order valence-electron chi connectivity index (χ4n) is 2.01. The molecule has 1 unspecified atom stereocenters. The molecule has 102 valence electrons. The summed E-state index contributed by atoms with van der Waals surface area (Å²) in [5.41, 5.74) is 0. The fourth-order valence-corrected chi connectivity index (χ4v) is 2.01. The molecule has 0 radical (unpaired) electrons. The first-order chi connectivity index (χ1) is 8.21. The van der Waals surface area contributed by atoms with Gasteiger partial charge in [-0.3, -0.25) is 4.79 Å². The highest BCUT2D eigenvalue weighted by molar-refractivity contribution is 5.78. The summed E-state index contributed by atoms with van der Waals surface area (Å²) in [6.07, 6.45) is 6.26. The molecule has 3 heteroatoms. The van der Waals surface area contributed by atoms with E-state index in [-0.39, 0.29) is 18.4 Å². The third-order valence-corrected chi connectivity index (χ3v) is 3.21. The number of carbonyl (C=O) groups excluding carboxylic acids is 1. The van der Waals surface area contributed by atoms with Crippen LogP contribution in [0.25, 0.3) is 0 Å². The first kappa shape index (κ1) is 16.4. The maximum absolute atomic E-state index is 12.3. The van der Waals surface area contributed by atoms with Crippen molar-refractivity contribution in [3.05, 3.63) is 0 Å². The van der Waals surface area contributed by atoms with Gasteiger partial charge in [0.05, 0.1) is 6.61 Å². The fraction of sp³-hybridized carbons (Fsp3) is 0.929. The molecule has 1 atom stereocenters. The van der Waals surface area contributed by atoms with Gasteiger partial charge >= 0.3 is 0 Å². The minimum absolute atomic E-state index is 0.0691. The number of carbonyl (C=O) groups is 1. The minimum atomic E-state index is 0.0691. The number of hydrogen-bond donors (Lipinski definition) is 1. The van der Waals surface area contributed by atoms with Crippen LogP contribution in [-0.2, 0) is 4.79 Å². The molecule has 0 bridgehead atoms. The lowest BCUT2D eigenvalue weighted by Crippen LogP contribution is -2.38. The average molecular weight is 243 g/mol. The maximum Gasteiger partial charge on any atom is 0.225 e. The van der Waals surface area contributed by atoms with Crippen molar-refractivity contribution in [2.75, 3.05) is 19.7 Å². The van der Waals surface area contributed by atoms with Gasteiger partial charge in [0.15, 0.2) is 0 Å². The highest BCUT2D eigenvalue weighted by Gasteiger charge is 2.21. The van der Waals surface area contributed by atoms with Crippen LogP contribution in [0.3, 0.4) is 0 Å². The quantitative estimate of drug-likeness (QED) is 0.641. The molecule has 17 heavy (non-hydrogen) atoms. The smallest absolute Gasteiger partial charge is 0.225 e. The van der Waals surface area contributed by atoms with Gasteiger partial charge < -0.3 is 10.0 Å². The molecule has 1 N–H and O–H groups in total. The number of rotatable bonds is 10. The van der Waals surface area contributed by atoms with Crippen molar-refractivity contribution in [1.29, 1.82) is 0 Å². The molecule has 0 saturated heterocycles. The number of aliphatic hydroxyl groups is 1. The molecule has 0 aromatic rings. The van der Waals surface area contributed by atoms with Gasteiger partial charge in [0, 0.05) is 19.0 Å². The van der Waals surface area contributed by atoms with Crippen LogP contribution in [-0.4, -0.2) is 35.6 Å². The van der Waals surface area contributed by atoms with Crippen molar-refractivity contribution in [2.24, 2.45) is 5.92 Å². The molecule has 3 nitrogen and oxygen atoms in total. The van der Waals surface area contributed by atoms with Crippen molar-refractivity contribution in [1.82, 2.24) is 4.90 Å². The summed E-state index contributed by atoms with van der Waals surface area (Å²) >= 11 is 0. The SMILES string of the molecule is CCCCC(CC)C(=O)N(CCO)CCCC. The third-order valence-electron chi connectivity index (χ3n) is 3.21. The molecule has 0 aliphatic rings. The van der Waals surface area contributed by atoms with Gasteiger partial charge in [-0.15, -0.1) is 0 Å². The molecule has 0 saturated carbocycles. The van der Waals surface area contributed by atoms with Gasteiger partial charge in [-0.25, -0.2) is 0 Å². The first-order valence-corrected chi connectivity index (χ1v) is 7.10. The average Bonchev–Trinajstić information content (AvgIpc) is 2.35. The summed E-state index contributed by atoms with van der Waals surface area (Å²) in [5, 5.41) is 9.02. The largest absolute Gasteiger partial charge is 0.395 e. The maximum atomic E-state index is 12.3. The number of nitrogens with zero attached hydrogens (tertiary/aromatic N) is 1. The molecule has 1 amide bonds. The van der Waals surface area contributed by atoms with Crippen LogP contribution in [0.5, 0.6) is 0 Å². The summed E-state index contributed by atoms with van der Waals surface area (Å²) in [6, 6.07) is 0. The molecular formula is C14H29NO2. The molecular weight excluding hydrogens is 214 g/mol. The Kier molecular flexibility index (Phi) is 10.2. The summed E-state index contributed by atoms with van der Waals surface area (Å²) < 4.78 is 0. The highest BCUT2D eigenvalue weighted by Crippen LogP contribution is 2.16. The zero-order valence-electron chi connectivity index (χ0n) is 11.7. The Morgan fingerprint density at radius 3 is 2.24 bits per heavy atom. The topological polar surface area (TPSA) is 40.5 Å². The Balaban J connectivity index is 4.32. The van der Waals surface area contributed by atoms with E-state index >= 15 is 0 Å². The molecule has 0 aliphatic heterocycles. The van der Waals surface area contributed by atoms with Gasteiger partial charge in [0.1, 0.15) is 0 Å². The Labute approximate surface area is 106 Å². The highest BCUT2D eigenvalue weighted by atomic mass is 16.3. The second kappa shape index (κ2) is 10.6. The van der Waals surface area contributed by atoms with Crippen LogP contribution >= 0.6 is 0 Å². The Morgan fingerprint density at radius 1 is 1.12 bits per heavy atom. The van der Waals surface area contributed by atoms with Gasteiger partial charge in [0.25, 0.3) is 0 Å². The van der Waals surface area contributed by atoms with E-state index in [1.165, 1.54) is 0 Å². The predicted octanol–water partition coefficient (Wildman–Crippen LogP) is 2.82. The van der Waals surface area contributed by atoms with Crippen LogP contribution in [0.4, 0.5) is 0 Å². The minimum Gasteiger partial charge on any atom is -0.395 e. The Hall–Kier alpha value is -0.570. The number of hydrogen-bond acceptors (Lipinski definition) is 2. The third kappa shape index (κ3) is 6.67. The molecule has 0 rings (SSSR count). The molecule has 0 aliphatic carbocycles. The van der Waals surface area contributed by atoms with Crippen molar-refractivity contribution >= 4 is 5.91 Å². The van der Waals surface area contributed by atoms with Crippen LogP contribution < -0.4 is 0 Å². The molecule has 0 fully saturated rings. The second-order valence-electron chi connectivity index (χ2n) is 4.65. The summed E-state index contributed by atoms with van der Waals surface area (Å²) in [7, 11) is 0. The van der Waals surface area contributed by atoms with Crippen molar-refractivity contribution < 1.29 is 9.90 Å². The van der Waals surface area contributed by atoms with E-state index in [1.54, 1.807) is 0 Å². The second-order valence-corrected chi connectivity index (χ2v) is 4.65. The summed E-state index contributed by atoms with van der Waals surface area (Å²) in [4.78, 5) is 14.1. The molecule has 0 spiro atoms. The van der Waals surface area contributed by atoms with E-state index in [9.17, 15) is 4.79 Å². The Morgan fingerprint density at radius 2 is 1.76 bits per heavy atom. The lowest BCUT2D eigenvalue weighted by atomic mass is 9.97. The van der Waals surface area contributed by atoms with E-state index in [0.717, 1.165) is 45.1 Å². The molecule has 0 aromatic carbocycles. The number of amides is 1. The van der Waals surface area contributed by atoms with Crippen molar-refractivity contribution in [3.63, 3.8) is 0 Å². The van der Waals surface area contributed by atoms with Crippen LogP contribution in [0.1, 0.15) is 59.3 Å². The summed E-state index contributed by atoms with van der Waals surface area (Å²) in [5.74, 6) is 0.391. The summed E-state index contributed by atoms with van der Waals surface area (Å²) in [6.45, 7) is 7.70. The van der Waals surface area contributed by atoms with E-state index in [2.05, 4.69) is 20.8 Å². The van der Waals surface area contributed by atoms with E-state index in [0.29, 0.717) is 6.54 Å². The predicted molar refractivity (Wildman–Crippen MR) is 71.9 cm³/mol. The normalized spacial score (nSPS) is 12.5. The van der Waals surface area contributed by atoms with Gasteiger partial charge in [-0.2, -0.15) is 0 Å². The van der Waals surface area contributed by atoms with Crippen molar-refractivity contribution in [3.8, 4) is 0 Å².